The van der Waals surface area contributed by atoms with Crippen LogP contribution in [0.3, 0.4) is 0 Å². The number of rotatable bonds is 6. The Kier molecular flexibility index (Phi) is 6.26. The number of benzene rings is 3. The first kappa shape index (κ1) is 20.9. The normalized spacial score (nSPS) is 13.7. The van der Waals surface area contributed by atoms with E-state index in [9.17, 15) is 4.79 Å². The van der Waals surface area contributed by atoms with E-state index in [-0.39, 0.29) is 17.4 Å². The lowest BCUT2D eigenvalue weighted by molar-refractivity contribution is -0.128. The third kappa shape index (κ3) is 4.97. The summed E-state index contributed by atoms with van der Waals surface area (Å²) in [5, 5.41) is 5.23. The fourth-order valence-corrected chi connectivity index (χ4v) is 3.44. The summed E-state index contributed by atoms with van der Waals surface area (Å²) in [7, 11) is 0. The fourth-order valence-electron chi connectivity index (χ4n) is 3.44. The maximum absolute atomic E-state index is 12.9. The number of carbonyl (C=O) groups is 1. The van der Waals surface area contributed by atoms with Crippen molar-refractivity contribution >= 4 is 16.7 Å². The largest absolute Gasteiger partial charge is 0.480 e. The number of carbonyl (C=O) groups excluding carboxylic acids is 1. The molecule has 0 aliphatic rings. The summed E-state index contributed by atoms with van der Waals surface area (Å²) < 4.78 is 6.13. The molecule has 152 valence electrons. The van der Waals surface area contributed by atoms with Crippen LogP contribution in [-0.4, -0.2) is 12.0 Å². The fraction of sp³-hybridized carbons (Fsp3) is 0.346. The molecular formula is C26H31NO2. The van der Waals surface area contributed by atoms with Crippen molar-refractivity contribution in [1.29, 1.82) is 0 Å². The molecule has 3 aromatic carbocycles. The molecule has 0 heterocycles. The predicted octanol–water partition coefficient (Wildman–Crippen LogP) is 6.17. The minimum atomic E-state index is -0.530. The van der Waals surface area contributed by atoms with Crippen molar-refractivity contribution in [1.82, 2.24) is 5.32 Å². The molecule has 0 unspecified atom stereocenters. The van der Waals surface area contributed by atoms with Gasteiger partial charge in [0.15, 0.2) is 6.10 Å². The second-order valence-corrected chi connectivity index (χ2v) is 8.59. The van der Waals surface area contributed by atoms with Crippen LogP contribution in [0.5, 0.6) is 5.75 Å². The van der Waals surface area contributed by atoms with Crippen molar-refractivity contribution in [2.75, 3.05) is 0 Å². The molecule has 0 bridgehead atoms. The smallest absolute Gasteiger partial charge is 0.261 e. The Hall–Kier alpha value is -2.81. The standard InChI is InChI=1S/C26H31NO2/c1-6-23(29-24-13-9-11-20-10-7-8-12-22(20)24)25(28)27-18(2)19-14-16-21(17-15-19)26(3,4)5/h7-18,23H,6H2,1-5H3,(H,27,28)/t18-,23-/m0/s1. The number of hydrogen-bond donors (Lipinski definition) is 1. The third-order valence-electron chi connectivity index (χ3n) is 5.32. The number of amides is 1. The first-order valence-electron chi connectivity index (χ1n) is 10.3. The Morgan fingerprint density at radius 2 is 1.62 bits per heavy atom. The molecule has 29 heavy (non-hydrogen) atoms. The topological polar surface area (TPSA) is 38.3 Å². The molecular weight excluding hydrogens is 358 g/mol. The number of nitrogens with one attached hydrogen (secondary N) is 1. The molecule has 0 saturated heterocycles. The van der Waals surface area contributed by atoms with Crippen molar-refractivity contribution in [3.05, 3.63) is 77.9 Å². The average molecular weight is 390 g/mol. The molecule has 0 aliphatic heterocycles. The summed E-state index contributed by atoms with van der Waals surface area (Å²) in [5.74, 6) is 0.653. The first-order chi connectivity index (χ1) is 13.8. The summed E-state index contributed by atoms with van der Waals surface area (Å²) in [4.78, 5) is 12.9. The summed E-state index contributed by atoms with van der Waals surface area (Å²) in [6.07, 6.45) is 0.0715. The predicted molar refractivity (Wildman–Crippen MR) is 120 cm³/mol. The van der Waals surface area contributed by atoms with Crippen molar-refractivity contribution in [3.63, 3.8) is 0 Å². The maximum atomic E-state index is 12.9. The van der Waals surface area contributed by atoms with E-state index in [4.69, 9.17) is 4.74 Å². The molecule has 1 amide bonds. The summed E-state index contributed by atoms with van der Waals surface area (Å²) in [6.45, 7) is 10.6. The molecule has 0 spiro atoms. The zero-order chi connectivity index (χ0) is 21.0. The Bertz CT molecular complexity index is 965. The number of hydrogen-bond acceptors (Lipinski definition) is 2. The second-order valence-electron chi connectivity index (χ2n) is 8.59. The minimum Gasteiger partial charge on any atom is -0.480 e. The van der Waals surface area contributed by atoms with E-state index in [2.05, 4.69) is 50.4 Å². The van der Waals surface area contributed by atoms with Crippen LogP contribution in [0.2, 0.25) is 0 Å². The van der Waals surface area contributed by atoms with Crippen LogP contribution in [0.15, 0.2) is 66.7 Å². The van der Waals surface area contributed by atoms with Gasteiger partial charge >= 0.3 is 0 Å². The third-order valence-corrected chi connectivity index (χ3v) is 5.32. The molecule has 0 fully saturated rings. The lowest BCUT2D eigenvalue weighted by atomic mass is 9.86. The zero-order valence-electron chi connectivity index (χ0n) is 18.0. The molecule has 0 aliphatic carbocycles. The van der Waals surface area contributed by atoms with Gasteiger partial charge in [-0.05, 0) is 41.3 Å². The van der Waals surface area contributed by atoms with Gasteiger partial charge in [-0.1, -0.05) is 88.4 Å². The van der Waals surface area contributed by atoms with E-state index >= 15 is 0 Å². The van der Waals surface area contributed by atoms with E-state index < -0.39 is 6.10 Å². The highest BCUT2D eigenvalue weighted by atomic mass is 16.5. The van der Waals surface area contributed by atoms with Gasteiger partial charge in [0, 0.05) is 5.39 Å². The van der Waals surface area contributed by atoms with Gasteiger partial charge in [-0.25, -0.2) is 0 Å². The van der Waals surface area contributed by atoms with Crippen LogP contribution in [0.1, 0.15) is 58.2 Å². The molecule has 2 atom stereocenters. The molecule has 3 aromatic rings. The van der Waals surface area contributed by atoms with Gasteiger partial charge in [0.25, 0.3) is 5.91 Å². The Balaban J connectivity index is 1.71. The SMILES string of the molecule is CC[C@H](Oc1cccc2ccccc12)C(=O)N[C@@H](C)c1ccc(C(C)(C)C)cc1. The molecule has 1 N–H and O–H groups in total. The molecule has 0 aromatic heterocycles. The second kappa shape index (κ2) is 8.69. The van der Waals surface area contributed by atoms with Crippen LogP contribution in [-0.2, 0) is 10.2 Å². The van der Waals surface area contributed by atoms with Gasteiger partial charge < -0.3 is 10.1 Å². The molecule has 3 nitrogen and oxygen atoms in total. The van der Waals surface area contributed by atoms with Crippen LogP contribution in [0, 0.1) is 0 Å². The van der Waals surface area contributed by atoms with Crippen LogP contribution in [0.25, 0.3) is 10.8 Å². The van der Waals surface area contributed by atoms with Crippen LogP contribution in [0.4, 0.5) is 0 Å². The van der Waals surface area contributed by atoms with Gasteiger partial charge in [-0.3, -0.25) is 4.79 Å². The summed E-state index contributed by atoms with van der Waals surface area (Å²) >= 11 is 0. The Labute approximate surface area is 174 Å². The van der Waals surface area contributed by atoms with Crippen molar-refractivity contribution in [2.45, 2.75) is 58.6 Å². The lowest BCUT2D eigenvalue weighted by Gasteiger charge is -2.23. The highest BCUT2D eigenvalue weighted by Gasteiger charge is 2.22. The van der Waals surface area contributed by atoms with Gasteiger partial charge in [-0.2, -0.15) is 0 Å². The van der Waals surface area contributed by atoms with Gasteiger partial charge in [0.05, 0.1) is 6.04 Å². The quantitative estimate of drug-likeness (QED) is 0.547. The number of ether oxygens (including phenoxy) is 1. The highest BCUT2D eigenvalue weighted by Crippen LogP contribution is 2.27. The van der Waals surface area contributed by atoms with Crippen LogP contribution < -0.4 is 10.1 Å². The minimum absolute atomic E-state index is 0.0818. The highest BCUT2D eigenvalue weighted by molar-refractivity contribution is 5.89. The van der Waals surface area contributed by atoms with Crippen LogP contribution >= 0.6 is 0 Å². The van der Waals surface area contributed by atoms with Crippen molar-refractivity contribution < 1.29 is 9.53 Å². The van der Waals surface area contributed by atoms with E-state index in [0.717, 1.165) is 22.1 Å². The van der Waals surface area contributed by atoms with E-state index in [0.29, 0.717) is 6.42 Å². The monoisotopic (exact) mass is 389 g/mol. The molecule has 0 saturated carbocycles. The first-order valence-corrected chi connectivity index (χ1v) is 10.3. The van der Waals surface area contributed by atoms with Gasteiger partial charge in [0.1, 0.15) is 5.75 Å². The van der Waals surface area contributed by atoms with Gasteiger partial charge in [0.2, 0.25) is 0 Å². The molecule has 0 radical (unpaired) electrons. The van der Waals surface area contributed by atoms with E-state index in [1.54, 1.807) is 0 Å². The summed E-state index contributed by atoms with van der Waals surface area (Å²) in [6, 6.07) is 22.4. The lowest BCUT2D eigenvalue weighted by Crippen LogP contribution is -2.39. The van der Waals surface area contributed by atoms with E-state index in [1.165, 1.54) is 5.56 Å². The Morgan fingerprint density at radius 1 is 0.966 bits per heavy atom. The summed E-state index contributed by atoms with van der Waals surface area (Å²) in [5.41, 5.74) is 2.49. The molecule has 3 rings (SSSR count). The number of fused-ring (bicyclic) bond motifs is 1. The van der Waals surface area contributed by atoms with E-state index in [1.807, 2.05) is 56.3 Å². The maximum Gasteiger partial charge on any atom is 0.261 e. The van der Waals surface area contributed by atoms with Crippen molar-refractivity contribution in [3.8, 4) is 5.75 Å². The molecule has 3 heteroatoms. The Morgan fingerprint density at radius 3 is 2.28 bits per heavy atom. The van der Waals surface area contributed by atoms with Crippen molar-refractivity contribution in [2.24, 2.45) is 0 Å². The van der Waals surface area contributed by atoms with Gasteiger partial charge in [-0.15, -0.1) is 0 Å². The zero-order valence-corrected chi connectivity index (χ0v) is 18.0. The average Bonchev–Trinajstić information content (AvgIpc) is 2.71.